The van der Waals surface area contributed by atoms with Crippen LogP contribution in [0.2, 0.25) is 0 Å². The monoisotopic (exact) mass is 374 g/mol. The Balaban J connectivity index is 1.59. The Morgan fingerprint density at radius 3 is 2.16 bits per heavy atom. The van der Waals surface area contributed by atoms with Gasteiger partial charge < -0.3 is 9.64 Å². The molecule has 3 aliphatic heterocycles. The van der Waals surface area contributed by atoms with Crippen molar-refractivity contribution in [1.82, 2.24) is 18.4 Å². The highest BCUT2D eigenvalue weighted by atomic mass is 32.2. The van der Waals surface area contributed by atoms with E-state index < -0.39 is 10.2 Å². The van der Waals surface area contributed by atoms with Gasteiger partial charge in [0.05, 0.1) is 19.3 Å². The molecule has 0 aromatic rings. The van der Waals surface area contributed by atoms with Crippen LogP contribution in [0.3, 0.4) is 0 Å². The number of morpholine rings is 1. The van der Waals surface area contributed by atoms with Gasteiger partial charge in [-0.1, -0.05) is 0 Å². The molecule has 3 fully saturated rings. The predicted molar refractivity (Wildman–Crippen MR) is 94.3 cm³/mol. The van der Waals surface area contributed by atoms with E-state index >= 15 is 0 Å². The topological polar surface area (TPSA) is 73.4 Å². The van der Waals surface area contributed by atoms with Crippen LogP contribution in [0.5, 0.6) is 0 Å². The molecule has 8 nitrogen and oxygen atoms in total. The number of piperazine rings is 1. The fourth-order valence-electron chi connectivity index (χ4n) is 3.92. The third-order valence-electron chi connectivity index (χ3n) is 5.40. The van der Waals surface area contributed by atoms with Crippen molar-refractivity contribution in [2.45, 2.75) is 38.8 Å². The van der Waals surface area contributed by atoms with E-state index in [1.807, 2.05) is 18.7 Å². The summed E-state index contributed by atoms with van der Waals surface area (Å²) in [4.78, 5) is 16.8. The van der Waals surface area contributed by atoms with E-state index in [4.69, 9.17) is 4.74 Å². The standard InChI is InChI=1S/C16H30N4O4S/c1-14(2)20-5-3-4-15(16(20)21)17-6-8-18(9-7-17)25(22,23)19-10-12-24-13-11-19/h14-15H,3-13H2,1-2H3/t15-/m1/s1. The Morgan fingerprint density at radius 2 is 1.56 bits per heavy atom. The Hall–Kier alpha value is -0.740. The lowest BCUT2D eigenvalue weighted by Crippen LogP contribution is -2.60. The number of hydrogen-bond donors (Lipinski definition) is 0. The number of carbonyl (C=O) groups excluding carboxylic acids is 1. The van der Waals surface area contributed by atoms with E-state index in [-0.39, 0.29) is 18.0 Å². The van der Waals surface area contributed by atoms with Crippen LogP contribution in [0, 0.1) is 0 Å². The number of hydrogen-bond acceptors (Lipinski definition) is 5. The van der Waals surface area contributed by atoms with Gasteiger partial charge in [0.25, 0.3) is 10.2 Å². The van der Waals surface area contributed by atoms with Crippen LogP contribution in [0.4, 0.5) is 0 Å². The molecule has 144 valence electrons. The van der Waals surface area contributed by atoms with E-state index in [1.54, 1.807) is 4.31 Å². The number of likely N-dealkylation sites (tertiary alicyclic amines) is 1. The van der Waals surface area contributed by atoms with Crippen LogP contribution >= 0.6 is 0 Å². The Labute approximate surface area is 150 Å². The largest absolute Gasteiger partial charge is 0.379 e. The van der Waals surface area contributed by atoms with Crippen molar-refractivity contribution in [3.05, 3.63) is 0 Å². The lowest BCUT2D eigenvalue weighted by Gasteiger charge is -2.44. The average Bonchev–Trinajstić information content (AvgIpc) is 2.62. The fourth-order valence-corrected chi connectivity index (χ4v) is 5.48. The molecule has 3 heterocycles. The molecule has 0 radical (unpaired) electrons. The fraction of sp³-hybridized carbons (Fsp3) is 0.938. The summed E-state index contributed by atoms with van der Waals surface area (Å²) in [5, 5.41) is 0. The Morgan fingerprint density at radius 1 is 0.960 bits per heavy atom. The maximum atomic E-state index is 12.7. The summed E-state index contributed by atoms with van der Waals surface area (Å²) in [6.07, 6.45) is 1.89. The number of amides is 1. The maximum Gasteiger partial charge on any atom is 0.282 e. The van der Waals surface area contributed by atoms with Crippen LogP contribution in [0.15, 0.2) is 0 Å². The molecule has 3 rings (SSSR count). The molecular formula is C16H30N4O4S. The molecule has 0 aromatic carbocycles. The summed E-state index contributed by atoms with van der Waals surface area (Å²) < 4.78 is 33.8. The molecule has 1 amide bonds. The van der Waals surface area contributed by atoms with E-state index in [0.29, 0.717) is 52.5 Å². The predicted octanol–water partition coefficient (Wildman–Crippen LogP) is -0.420. The van der Waals surface area contributed by atoms with Gasteiger partial charge in [-0.25, -0.2) is 0 Å². The van der Waals surface area contributed by atoms with Crippen molar-refractivity contribution in [3.63, 3.8) is 0 Å². The van der Waals surface area contributed by atoms with Crippen LogP contribution in [-0.2, 0) is 19.7 Å². The molecule has 0 spiro atoms. The quantitative estimate of drug-likeness (QED) is 0.668. The Kier molecular flexibility index (Phi) is 5.99. The molecule has 0 aliphatic carbocycles. The van der Waals surface area contributed by atoms with Crippen molar-refractivity contribution in [2.75, 3.05) is 59.0 Å². The van der Waals surface area contributed by atoms with Gasteiger partial charge in [0.1, 0.15) is 0 Å². The van der Waals surface area contributed by atoms with Crippen molar-refractivity contribution in [3.8, 4) is 0 Å². The minimum atomic E-state index is -3.41. The van der Waals surface area contributed by atoms with Crippen molar-refractivity contribution >= 4 is 16.1 Å². The first-order valence-corrected chi connectivity index (χ1v) is 10.7. The summed E-state index contributed by atoms with van der Waals surface area (Å²) >= 11 is 0. The van der Waals surface area contributed by atoms with Gasteiger partial charge in [-0.2, -0.15) is 17.0 Å². The first kappa shape index (κ1) is 19.0. The molecule has 0 aromatic heterocycles. The minimum absolute atomic E-state index is 0.0932. The third kappa shape index (κ3) is 4.00. The van der Waals surface area contributed by atoms with Crippen LogP contribution in [0.25, 0.3) is 0 Å². The minimum Gasteiger partial charge on any atom is -0.379 e. The normalized spacial score (nSPS) is 28.7. The molecule has 3 aliphatic rings. The van der Waals surface area contributed by atoms with E-state index in [9.17, 15) is 13.2 Å². The van der Waals surface area contributed by atoms with Crippen molar-refractivity contribution < 1.29 is 17.9 Å². The smallest absolute Gasteiger partial charge is 0.282 e. The van der Waals surface area contributed by atoms with Crippen LogP contribution < -0.4 is 0 Å². The summed E-state index contributed by atoms with van der Waals surface area (Å²) in [7, 11) is -3.41. The van der Waals surface area contributed by atoms with Gasteiger partial charge in [0.15, 0.2) is 0 Å². The molecule has 25 heavy (non-hydrogen) atoms. The summed E-state index contributed by atoms with van der Waals surface area (Å²) in [6.45, 7) is 8.83. The zero-order chi connectivity index (χ0) is 18.0. The lowest BCUT2D eigenvalue weighted by molar-refractivity contribution is -0.142. The van der Waals surface area contributed by atoms with Crippen molar-refractivity contribution in [2.24, 2.45) is 0 Å². The second kappa shape index (κ2) is 7.87. The van der Waals surface area contributed by atoms with Gasteiger partial charge in [0.2, 0.25) is 5.91 Å². The SMILES string of the molecule is CC(C)N1CCC[C@@H](N2CCN(S(=O)(=O)N3CCOCC3)CC2)C1=O. The first-order chi connectivity index (χ1) is 11.9. The number of rotatable bonds is 4. The number of nitrogens with zero attached hydrogens (tertiary/aromatic N) is 4. The average molecular weight is 375 g/mol. The highest BCUT2D eigenvalue weighted by molar-refractivity contribution is 7.86. The lowest BCUT2D eigenvalue weighted by atomic mass is 10.0. The highest BCUT2D eigenvalue weighted by Gasteiger charge is 2.38. The first-order valence-electron chi connectivity index (χ1n) is 9.29. The maximum absolute atomic E-state index is 12.7. The molecule has 0 unspecified atom stereocenters. The van der Waals surface area contributed by atoms with Crippen LogP contribution in [0.1, 0.15) is 26.7 Å². The van der Waals surface area contributed by atoms with Gasteiger partial charge in [-0.15, -0.1) is 0 Å². The molecule has 0 bridgehead atoms. The molecule has 0 N–H and O–H groups in total. The number of ether oxygens (including phenoxy) is 1. The van der Waals surface area contributed by atoms with Gasteiger partial charge in [0, 0.05) is 51.9 Å². The number of carbonyl (C=O) groups is 1. The van der Waals surface area contributed by atoms with Crippen molar-refractivity contribution in [1.29, 1.82) is 0 Å². The van der Waals surface area contributed by atoms with Gasteiger partial charge in [-0.3, -0.25) is 9.69 Å². The molecule has 3 saturated heterocycles. The van der Waals surface area contributed by atoms with E-state index in [0.717, 1.165) is 19.4 Å². The second-order valence-corrected chi connectivity index (χ2v) is 9.17. The molecule has 9 heteroatoms. The van der Waals surface area contributed by atoms with E-state index in [2.05, 4.69) is 4.90 Å². The molecule has 0 saturated carbocycles. The second-order valence-electron chi connectivity index (χ2n) is 7.24. The molecular weight excluding hydrogens is 344 g/mol. The summed E-state index contributed by atoms with van der Waals surface area (Å²) in [5.74, 6) is 0.200. The highest BCUT2D eigenvalue weighted by Crippen LogP contribution is 2.22. The third-order valence-corrected chi connectivity index (χ3v) is 7.44. The number of piperidine rings is 1. The van der Waals surface area contributed by atoms with Gasteiger partial charge >= 0.3 is 0 Å². The summed E-state index contributed by atoms with van der Waals surface area (Å²) in [5.41, 5.74) is 0. The zero-order valence-corrected chi connectivity index (χ0v) is 16.1. The molecule has 1 atom stereocenters. The Bertz CT molecular complexity index is 569. The van der Waals surface area contributed by atoms with E-state index in [1.165, 1.54) is 4.31 Å². The summed E-state index contributed by atoms with van der Waals surface area (Å²) in [6, 6.07) is 0.127. The van der Waals surface area contributed by atoms with Crippen LogP contribution in [-0.4, -0.2) is 104 Å². The zero-order valence-electron chi connectivity index (χ0n) is 15.3. The van der Waals surface area contributed by atoms with Gasteiger partial charge in [-0.05, 0) is 26.7 Å².